The maximum atomic E-state index is 7.41. The number of hydrogen-bond donors (Lipinski definition) is 2. The summed E-state index contributed by atoms with van der Waals surface area (Å²) in [6, 6.07) is 5.69. The fourth-order valence-electron chi connectivity index (χ4n) is 2.08. The van der Waals surface area contributed by atoms with Gasteiger partial charge in [0, 0.05) is 5.56 Å². The standard InChI is InChI=1S/C13H18N2O/c1-9-6-7-10(13(14)15)8-12(9)16-11-4-2-3-5-11/h6-8,11H,2-5H2,1H3,(H3,14,15). The molecule has 0 bridgehead atoms. The van der Waals surface area contributed by atoms with Crippen LogP contribution in [0.2, 0.25) is 0 Å². The van der Waals surface area contributed by atoms with E-state index < -0.39 is 0 Å². The van der Waals surface area contributed by atoms with Crippen molar-refractivity contribution in [3.63, 3.8) is 0 Å². The molecule has 1 fully saturated rings. The summed E-state index contributed by atoms with van der Waals surface area (Å²) in [6.07, 6.45) is 5.15. The van der Waals surface area contributed by atoms with Gasteiger partial charge in [-0.1, -0.05) is 12.1 Å². The molecule has 3 N–H and O–H groups in total. The second-order valence-electron chi connectivity index (χ2n) is 4.42. The Bertz CT molecular complexity index is 395. The smallest absolute Gasteiger partial charge is 0.123 e. The number of nitrogens with one attached hydrogen (secondary N) is 1. The molecule has 0 saturated heterocycles. The zero-order valence-electron chi connectivity index (χ0n) is 9.62. The van der Waals surface area contributed by atoms with Crippen LogP contribution in [0.15, 0.2) is 18.2 Å². The molecule has 1 saturated carbocycles. The van der Waals surface area contributed by atoms with Crippen molar-refractivity contribution in [3.05, 3.63) is 29.3 Å². The van der Waals surface area contributed by atoms with Crippen LogP contribution in [-0.4, -0.2) is 11.9 Å². The molecular formula is C13H18N2O. The maximum Gasteiger partial charge on any atom is 0.123 e. The Labute approximate surface area is 96.1 Å². The molecular weight excluding hydrogens is 200 g/mol. The van der Waals surface area contributed by atoms with Crippen LogP contribution in [0.3, 0.4) is 0 Å². The molecule has 3 heteroatoms. The van der Waals surface area contributed by atoms with Crippen LogP contribution in [-0.2, 0) is 0 Å². The molecule has 0 aliphatic heterocycles. The van der Waals surface area contributed by atoms with E-state index in [-0.39, 0.29) is 5.84 Å². The molecule has 0 amide bonds. The van der Waals surface area contributed by atoms with Gasteiger partial charge in [0.15, 0.2) is 0 Å². The van der Waals surface area contributed by atoms with Gasteiger partial charge >= 0.3 is 0 Å². The van der Waals surface area contributed by atoms with Gasteiger partial charge < -0.3 is 10.5 Å². The van der Waals surface area contributed by atoms with Crippen molar-refractivity contribution < 1.29 is 4.74 Å². The van der Waals surface area contributed by atoms with Crippen LogP contribution in [0.4, 0.5) is 0 Å². The Kier molecular flexibility index (Phi) is 3.13. The first kappa shape index (κ1) is 11.0. The Morgan fingerprint density at radius 1 is 1.38 bits per heavy atom. The predicted octanol–water partition coefficient (Wildman–Crippen LogP) is 2.60. The molecule has 0 heterocycles. The van der Waals surface area contributed by atoms with Gasteiger partial charge in [-0.3, -0.25) is 5.41 Å². The predicted molar refractivity (Wildman–Crippen MR) is 65.1 cm³/mol. The Morgan fingerprint density at radius 3 is 2.69 bits per heavy atom. The van der Waals surface area contributed by atoms with E-state index >= 15 is 0 Å². The van der Waals surface area contributed by atoms with E-state index in [0.717, 1.165) is 29.7 Å². The highest BCUT2D eigenvalue weighted by Crippen LogP contribution is 2.27. The van der Waals surface area contributed by atoms with Crippen LogP contribution in [0, 0.1) is 12.3 Å². The molecule has 1 aliphatic carbocycles. The topological polar surface area (TPSA) is 59.1 Å². The first-order chi connectivity index (χ1) is 7.66. The second kappa shape index (κ2) is 4.56. The van der Waals surface area contributed by atoms with Gasteiger partial charge in [0.2, 0.25) is 0 Å². The van der Waals surface area contributed by atoms with E-state index in [1.165, 1.54) is 12.8 Å². The molecule has 0 unspecified atom stereocenters. The van der Waals surface area contributed by atoms with Crippen LogP contribution >= 0.6 is 0 Å². The third-order valence-electron chi connectivity index (χ3n) is 3.09. The summed E-state index contributed by atoms with van der Waals surface area (Å²) < 4.78 is 5.94. The number of nitrogens with two attached hydrogens (primary N) is 1. The van der Waals surface area contributed by atoms with Crippen molar-refractivity contribution in [1.29, 1.82) is 5.41 Å². The highest BCUT2D eigenvalue weighted by atomic mass is 16.5. The Hall–Kier alpha value is -1.51. The number of aryl methyl sites for hydroxylation is 1. The van der Waals surface area contributed by atoms with Gasteiger partial charge in [-0.15, -0.1) is 0 Å². The lowest BCUT2D eigenvalue weighted by Gasteiger charge is -2.15. The first-order valence-electron chi connectivity index (χ1n) is 5.78. The van der Waals surface area contributed by atoms with Crippen molar-refractivity contribution in [2.75, 3.05) is 0 Å². The number of nitrogen functional groups attached to an aromatic ring is 1. The summed E-state index contributed by atoms with van der Waals surface area (Å²) in [6.45, 7) is 2.02. The largest absolute Gasteiger partial charge is 0.490 e. The molecule has 1 aliphatic rings. The summed E-state index contributed by atoms with van der Waals surface area (Å²) in [7, 11) is 0. The van der Waals surface area contributed by atoms with Gasteiger partial charge in [-0.25, -0.2) is 0 Å². The first-order valence-corrected chi connectivity index (χ1v) is 5.78. The number of rotatable bonds is 3. The summed E-state index contributed by atoms with van der Waals surface area (Å²) in [4.78, 5) is 0. The van der Waals surface area contributed by atoms with Crippen LogP contribution in [0.5, 0.6) is 5.75 Å². The molecule has 0 aromatic heterocycles. The van der Waals surface area contributed by atoms with E-state index in [2.05, 4.69) is 0 Å². The lowest BCUT2D eigenvalue weighted by atomic mass is 10.1. The number of ether oxygens (including phenoxy) is 1. The minimum Gasteiger partial charge on any atom is -0.490 e. The fraction of sp³-hybridized carbons (Fsp3) is 0.462. The Morgan fingerprint density at radius 2 is 2.06 bits per heavy atom. The summed E-state index contributed by atoms with van der Waals surface area (Å²) in [5, 5.41) is 7.41. The minimum atomic E-state index is 0.0938. The van der Waals surface area contributed by atoms with Crippen molar-refractivity contribution in [2.24, 2.45) is 5.73 Å². The molecule has 3 nitrogen and oxygen atoms in total. The maximum absolute atomic E-state index is 7.41. The van der Waals surface area contributed by atoms with Gasteiger partial charge in [-0.05, 0) is 44.2 Å². The summed E-state index contributed by atoms with van der Waals surface area (Å²) >= 11 is 0. The van der Waals surface area contributed by atoms with E-state index in [4.69, 9.17) is 15.9 Å². The van der Waals surface area contributed by atoms with Gasteiger partial charge in [-0.2, -0.15) is 0 Å². The average Bonchev–Trinajstić information content (AvgIpc) is 2.73. The highest BCUT2D eigenvalue weighted by Gasteiger charge is 2.17. The van der Waals surface area contributed by atoms with Crippen molar-refractivity contribution >= 4 is 5.84 Å². The van der Waals surface area contributed by atoms with Gasteiger partial charge in [0.05, 0.1) is 6.10 Å². The fourth-order valence-corrected chi connectivity index (χ4v) is 2.08. The molecule has 1 aromatic carbocycles. The van der Waals surface area contributed by atoms with Gasteiger partial charge in [0.25, 0.3) is 0 Å². The van der Waals surface area contributed by atoms with Crippen LogP contribution in [0.25, 0.3) is 0 Å². The van der Waals surface area contributed by atoms with Crippen molar-refractivity contribution in [3.8, 4) is 5.75 Å². The lowest BCUT2D eigenvalue weighted by Crippen LogP contribution is -2.14. The van der Waals surface area contributed by atoms with Crippen molar-refractivity contribution in [2.45, 2.75) is 38.7 Å². The molecule has 2 rings (SSSR count). The molecule has 0 radical (unpaired) electrons. The minimum absolute atomic E-state index is 0.0938. The van der Waals surface area contributed by atoms with E-state index in [9.17, 15) is 0 Å². The summed E-state index contributed by atoms with van der Waals surface area (Å²) in [5.74, 6) is 0.968. The van der Waals surface area contributed by atoms with Crippen LogP contribution < -0.4 is 10.5 Å². The number of hydrogen-bond acceptors (Lipinski definition) is 2. The molecule has 1 aromatic rings. The summed E-state index contributed by atoms with van der Waals surface area (Å²) in [5.41, 5.74) is 7.31. The zero-order chi connectivity index (χ0) is 11.5. The van der Waals surface area contributed by atoms with E-state index in [1.807, 2.05) is 25.1 Å². The normalized spacial score (nSPS) is 16.3. The molecule has 0 spiro atoms. The average molecular weight is 218 g/mol. The van der Waals surface area contributed by atoms with E-state index in [1.54, 1.807) is 0 Å². The zero-order valence-corrected chi connectivity index (χ0v) is 9.62. The van der Waals surface area contributed by atoms with E-state index in [0.29, 0.717) is 6.10 Å². The third-order valence-corrected chi connectivity index (χ3v) is 3.09. The number of benzene rings is 1. The third kappa shape index (κ3) is 2.35. The number of amidine groups is 1. The SMILES string of the molecule is Cc1ccc(C(=N)N)cc1OC1CCCC1. The molecule has 16 heavy (non-hydrogen) atoms. The Balaban J connectivity index is 2.17. The monoisotopic (exact) mass is 218 g/mol. The quantitative estimate of drug-likeness (QED) is 0.605. The molecule has 86 valence electrons. The second-order valence-corrected chi connectivity index (χ2v) is 4.42. The molecule has 0 atom stereocenters. The van der Waals surface area contributed by atoms with Gasteiger partial charge in [0.1, 0.15) is 11.6 Å². The lowest BCUT2D eigenvalue weighted by molar-refractivity contribution is 0.208. The van der Waals surface area contributed by atoms with Crippen molar-refractivity contribution in [1.82, 2.24) is 0 Å². The van der Waals surface area contributed by atoms with Crippen LogP contribution in [0.1, 0.15) is 36.8 Å². The highest BCUT2D eigenvalue weighted by molar-refractivity contribution is 5.95.